The number of hydrogen-bond acceptors (Lipinski definition) is 4. The second-order valence-electron chi connectivity index (χ2n) is 5.87. The molecule has 1 aromatic carbocycles. The molecule has 6 nitrogen and oxygen atoms in total. The van der Waals surface area contributed by atoms with E-state index >= 15 is 0 Å². The van der Waals surface area contributed by atoms with Crippen LogP contribution in [0, 0.1) is 5.92 Å². The van der Waals surface area contributed by atoms with Crippen LogP contribution in [0.5, 0.6) is 5.75 Å². The third-order valence-electron chi connectivity index (χ3n) is 3.48. The first-order valence-corrected chi connectivity index (χ1v) is 8.12. The van der Waals surface area contributed by atoms with Crippen LogP contribution in [0.2, 0.25) is 5.02 Å². The quantitative estimate of drug-likeness (QED) is 0.709. The summed E-state index contributed by atoms with van der Waals surface area (Å²) < 4.78 is 10.5. The number of nitrogens with one attached hydrogen (secondary N) is 1. The van der Waals surface area contributed by atoms with Crippen molar-refractivity contribution < 1.29 is 24.2 Å². The van der Waals surface area contributed by atoms with E-state index in [1.54, 1.807) is 19.1 Å². The van der Waals surface area contributed by atoms with Gasteiger partial charge in [0.25, 0.3) is 0 Å². The van der Waals surface area contributed by atoms with Gasteiger partial charge >= 0.3 is 5.97 Å². The maximum atomic E-state index is 12.2. The zero-order chi connectivity index (χ0) is 18.3. The summed E-state index contributed by atoms with van der Waals surface area (Å²) in [5.41, 5.74) is 0.357. The van der Waals surface area contributed by atoms with Gasteiger partial charge in [-0.15, -0.1) is 0 Å². The molecule has 0 saturated heterocycles. The minimum atomic E-state index is -1.21. The van der Waals surface area contributed by atoms with Crippen molar-refractivity contribution in [1.29, 1.82) is 0 Å². The number of aliphatic carboxylic acids is 1. The van der Waals surface area contributed by atoms with E-state index in [-0.39, 0.29) is 5.02 Å². The molecule has 2 N–H and O–H groups in total. The summed E-state index contributed by atoms with van der Waals surface area (Å²) in [6.45, 7) is 6.15. The fourth-order valence-electron chi connectivity index (χ4n) is 1.97. The Balaban J connectivity index is 2.77. The van der Waals surface area contributed by atoms with Crippen molar-refractivity contribution in [2.45, 2.75) is 39.3 Å². The van der Waals surface area contributed by atoms with Crippen molar-refractivity contribution in [2.75, 3.05) is 13.7 Å². The normalized spacial score (nSPS) is 13.4. The minimum absolute atomic E-state index is 0.275. The van der Waals surface area contributed by atoms with Crippen LogP contribution >= 0.6 is 11.6 Å². The Bertz CT molecular complexity index is 576. The number of hydrogen-bond donors (Lipinski definition) is 2. The van der Waals surface area contributed by atoms with E-state index in [0.717, 1.165) is 6.42 Å². The number of carboxylic acid groups (broad SMARTS) is 1. The van der Waals surface area contributed by atoms with E-state index in [9.17, 15) is 14.7 Å². The molecule has 0 bridgehead atoms. The van der Waals surface area contributed by atoms with Gasteiger partial charge in [0, 0.05) is 6.61 Å². The number of benzene rings is 1. The van der Waals surface area contributed by atoms with Crippen molar-refractivity contribution >= 4 is 23.5 Å². The standard InChI is InChI=1S/C17H24ClNO5/c1-10(2)7-8-24-11(3)16(20)19-15(17(21)22)12-5-6-14(23-4)13(18)9-12/h5-6,9-11,15H,7-8H2,1-4H3,(H,19,20)(H,21,22). The predicted octanol–water partition coefficient (Wildman–Crippen LogP) is 3.04. The zero-order valence-corrected chi connectivity index (χ0v) is 15.1. The summed E-state index contributed by atoms with van der Waals surface area (Å²) in [5, 5.41) is 12.1. The molecule has 2 unspecified atom stereocenters. The Morgan fingerprint density at radius 1 is 1.29 bits per heavy atom. The molecule has 1 amide bonds. The Morgan fingerprint density at radius 3 is 2.46 bits per heavy atom. The molecule has 7 heteroatoms. The maximum absolute atomic E-state index is 12.2. The molecule has 0 aliphatic carbocycles. The van der Waals surface area contributed by atoms with Crippen molar-refractivity contribution in [3.05, 3.63) is 28.8 Å². The lowest BCUT2D eigenvalue weighted by Gasteiger charge is -2.19. The molecule has 0 aliphatic heterocycles. The van der Waals surface area contributed by atoms with Crippen LogP contribution in [0.1, 0.15) is 38.8 Å². The highest BCUT2D eigenvalue weighted by atomic mass is 35.5. The largest absolute Gasteiger partial charge is 0.495 e. The summed E-state index contributed by atoms with van der Waals surface area (Å²) in [6, 6.07) is 3.36. The molecule has 0 heterocycles. The fourth-order valence-corrected chi connectivity index (χ4v) is 2.23. The predicted molar refractivity (Wildman–Crippen MR) is 91.4 cm³/mol. The van der Waals surface area contributed by atoms with E-state index in [1.807, 2.05) is 0 Å². The van der Waals surface area contributed by atoms with Crippen molar-refractivity contribution in [1.82, 2.24) is 5.32 Å². The number of amides is 1. The lowest BCUT2D eigenvalue weighted by Crippen LogP contribution is -2.40. The van der Waals surface area contributed by atoms with Crippen LogP contribution in [-0.4, -0.2) is 36.8 Å². The molecule has 0 saturated carbocycles. The highest BCUT2D eigenvalue weighted by Crippen LogP contribution is 2.27. The maximum Gasteiger partial charge on any atom is 0.330 e. The first-order chi connectivity index (χ1) is 11.3. The van der Waals surface area contributed by atoms with Crippen LogP contribution in [0.3, 0.4) is 0 Å². The SMILES string of the molecule is COc1ccc(C(NC(=O)C(C)OCCC(C)C)C(=O)O)cc1Cl. The molecule has 0 radical (unpaired) electrons. The second-order valence-corrected chi connectivity index (χ2v) is 6.28. The third kappa shape index (κ3) is 6.02. The van der Waals surface area contributed by atoms with Crippen LogP contribution in [0.15, 0.2) is 18.2 Å². The van der Waals surface area contributed by atoms with Crippen LogP contribution in [0.25, 0.3) is 0 Å². The summed E-state index contributed by atoms with van der Waals surface area (Å²) in [4.78, 5) is 23.7. The van der Waals surface area contributed by atoms with E-state index in [0.29, 0.717) is 23.8 Å². The second kappa shape index (κ2) is 9.49. The average Bonchev–Trinajstić information content (AvgIpc) is 2.51. The van der Waals surface area contributed by atoms with E-state index in [2.05, 4.69) is 19.2 Å². The van der Waals surface area contributed by atoms with E-state index < -0.39 is 24.0 Å². The van der Waals surface area contributed by atoms with Gasteiger partial charge < -0.3 is 19.9 Å². The third-order valence-corrected chi connectivity index (χ3v) is 3.77. The van der Waals surface area contributed by atoms with Crippen LogP contribution in [0.4, 0.5) is 0 Å². The molecule has 1 rings (SSSR count). The number of carboxylic acids is 1. The van der Waals surface area contributed by atoms with Gasteiger partial charge in [0.2, 0.25) is 5.91 Å². The molecule has 134 valence electrons. The monoisotopic (exact) mass is 357 g/mol. The number of halogens is 1. The number of carbonyl (C=O) groups is 2. The van der Waals surface area contributed by atoms with Gasteiger partial charge in [-0.3, -0.25) is 4.79 Å². The number of rotatable bonds is 9. The smallest absolute Gasteiger partial charge is 0.330 e. The van der Waals surface area contributed by atoms with Gasteiger partial charge in [-0.2, -0.15) is 0 Å². The average molecular weight is 358 g/mol. The minimum Gasteiger partial charge on any atom is -0.495 e. The van der Waals surface area contributed by atoms with Crippen LogP contribution < -0.4 is 10.1 Å². The molecular formula is C17H24ClNO5. The summed E-state index contributed by atoms with van der Waals surface area (Å²) in [7, 11) is 1.47. The summed E-state index contributed by atoms with van der Waals surface area (Å²) in [5.74, 6) is -0.771. The van der Waals surface area contributed by atoms with E-state index in [4.69, 9.17) is 21.1 Å². The van der Waals surface area contributed by atoms with Crippen molar-refractivity contribution in [2.24, 2.45) is 5.92 Å². The van der Waals surface area contributed by atoms with Crippen molar-refractivity contribution in [3.8, 4) is 5.75 Å². The lowest BCUT2D eigenvalue weighted by molar-refractivity contribution is -0.144. The van der Waals surface area contributed by atoms with Gasteiger partial charge in [0.15, 0.2) is 6.04 Å². The van der Waals surface area contributed by atoms with Gasteiger partial charge in [-0.25, -0.2) is 4.79 Å². The Kier molecular flexibility index (Phi) is 8.01. The molecular weight excluding hydrogens is 334 g/mol. The highest BCUT2D eigenvalue weighted by molar-refractivity contribution is 6.32. The van der Waals surface area contributed by atoms with E-state index in [1.165, 1.54) is 13.2 Å². The highest BCUT2D eigenvalue weighted by Gasteiger charge is 2.25. The van der Waals surface area contributed by atoms with Gasteiger partial charge in [-0.1, -0.05) is 31.5 Å². The first kappa shape index (κ1) is 20.3. The molecule has 24 heavy (non-hydrogen) atoms. The Labute approximate surface area is 147 Å². The fraction of sp³-hybridized carbons (Fsp3) is 0.529. The summed E-state index contributed by atoms with van der Waals surface area (Å²) >= 11 is 6.02. The molecule has 2 atom stereocenters. The number of ether oxygens (including phenoxy) is 2. The van der Waals surface area contributed by atoms with Gasteiger partial charge in [0.05, 0.1) is 12.1 Å². The topological polar surface area (TPSA) is 84.9 Å². The molecule has 0 spiro atoms. The van der Waals surface area contributed by atoms with Gasteiger partial charge in [0.1, 0.15) is 11.9 Å². The molecule has 0 aliphatic rings. The first-order valence-electron chi connectivity index (χ1n) is 7.74. The number of carbonyl (C=O) groups excluding carboxylic acids is 1. The number of methoxy groups -OCH3 is 1. The Hall–Kier alpha value is -1.79. The molecule has 1 aromatic rings. The lowest BCUT2D eigenvalue weighted by atomic mass is 10.1. The summed E-state index contributed by atoms with van der Waals surface area (Å²) in [6.07, 6.45) is 0.0907. The Morgan fingerprint density at radius 2 is 1.96 bits per heavy atom. The molecule has 0 fully saturated rings. The van der Waals surface area contributed by atoms with Gasteiger partial charge in [-0.05, 0) is 37.0 Å². The van der Waals surface area contributed by atoms with Crippen LogP contribution in [-0.2, 0) is 14.3 Å². The molecule has 0 aromatic heterocycles. The van der Waals surface area contributed by atoms with Crippen molar-refractivity contribution in [3.63, 3.8) is 0 Å². The zero-order valence-electron chi connectivity index (χ0n) is 14.3.